The lowest BCUT2D eigenvalue weighted by molar-refractivity contribution is 0.936. The van der Waals surface area contributed by atoms with Gasteiger partial charge in [-0.25, -0.2) is 9.97 Å². The molecule has 4 nitrogen and oxygen atoms in total. The van der Waals surface area contributed by atoms with Crippen LogP contribution in [0.2, 0.25) is 0 Å². The fourth-order valence-electron chi connectivity index (χ4n) is 3.39. The molecule has 2 heterocycles. The third-order valence-electron chi connectivity index (χ3n) is 4.93. The number of aromatic nitrogens is 3. The number of hydrogen-bond donors (Lipinski definition) is 1. The Balaban J connectivity index is 0.000000994. The lowest BCUT2D eigenvalue weighted by atomic mass is 10.0. The van der Waals surface area contributed by atoms with Crippen LogP contribution in [-0.4, -0.2) is 15.0 Å². The number of benzene rings is 2. The maximum atomic E-state index is 4.91. The summed E-state index contributed by atoms with van der Waals surface area (Å²) in [5.74, 6) is 2.36. The maximum Gasteiger partial charge on any atom is 0.138 e. The first-order chi connectivity index (χ1) is 14.4. The molecule has 1 saturated carbocycles. The van der Waals surface area contributed by atoms with Crippen molar-refractivity contribution in [2.24, 2.45) is 0 Å². The summed E-state index contributed by atoms with van der Waals surface area (Å²) in [6.07, 6.45) is 4.19. The summed E-state index contributed by atoms with van der Waals surface area (Å²) in [5.41, 5.74) is 4.32. The summed E-state index contributed by atoms with van der Waals surface area (Å²) in [6.45, 7) is 4.64. The van der Waals surface area contributed by atoms with Gasteiger partial charge in [0.05, 0.1) is 23.1 Å². The summed E-state index contributed by atoms with van der Waals surface area (Å²) >= 11 is 0. The maximum absolute atomic E-state index is 4.91. The Morgan fingerprint density at radius 3 is 2.38 bits per heavy atom. The number of hydrogen-bond acceptors (Lipinski definition) is 4. The van der Waals surface area contributed by atoms with Gasteiger partial charge in [0, 0.05) is 12.1 Å². The van der Waals surface area contributed by atoms with E-state index in [1.807, 2.05) is 44.3 Å². The standard InChI is InChI=1S/C23H20N4.C2H6/c1-2-7-16(8-3-1)19-10-6-11-20-21(19)23(27-22(26-20)17-12-13-17)25-15-18-9-4-5-14-24-18;1-2/h1-11,14,17H,12-13,15H2,(H,25,26,27);1-2H3. The van der Waals surface area contributed by atoms with Gasteiger partial charge >= 0.3 is 0 Å². The molecule has 0 spiro atoms. The smallest absolute Gasteiger partial charge is 0.138 e. The van der Waals surface area contributed by atoms with Crippen LogP contribution in [-0.2, 0) is 6.54 Å². The van der Waals surface area contributed by atoms with E-state index in [0.29, 0.717) is 12.5 Å². The predicted octanol–water partition coefficient (Wildman–Crippen LogP) is 6.21. The fourth-order valence-corrected chi connectivity index (χ4v) is 3.39. The molecule has 0 atom stereocenters. The first kappa shape index (κ1) is 19.1. The van der Waals surface area contributed by atoms with Crippen molar-refractivity contribution in [3.05, 3.63) is 84.4 Å². The molecule has 4 aromatic rings. The van der Waals surface area contributed by atoms with Crippen molar-refractivity contribution in [1.29, 1.82) is 0 Å². The van der Waals surface area contributed by atoms with E-state index in [1.54, 1.807) is 0 Å². The Morgan fingerprint density at radius 1 is 0.862 bits per heavy atom. The molecule has 5 rings (SSSR count). The monoisotopic (exact) mass is 382 g/mol. The van der Waals surface area contributed by atoms with Crippen LogP contribution >= 0.6 is 0 Å². The summed E-state index contributed by atoms with van der Waals surface area (Å²) in [5, 5.41) is 4.60. The van der Waals surface area contributed by atoms with Gasteiger partial charge in [-0.05, 0) is 42.2 Å². The second kappa shape index (κ2) is 8.82. The topological polar surface area (TPSA) is 50.7 Å². The molecule has 0 amide bonds. The minimum absolute atomic E-state index is 0.505. The van der Waals surface area contributed by atoms with E-state index in [-0.39, 0.29) is 0 Å². The van der Waals surface area contributed by atoms with E-state index in [0.717, 1.165) is 33.8 Å². The van der Waals surface area contributed by atoms with Crippen LogP contribution in [0, 0.1) is 0 Å². The summed E-state index contributed by atoms with van der Waals surface area (Å²) in [4.78, 5) is 14.2. The molecule has 0 bridgehead atoms. The largest absolute Gasteiger partial charge is 0.364 e. The van der Waals surface area contributed by atoms with Gasteiger partial charge in [-0.2, -0.15) is 0 Å². The van der Waals surface area contributed by atoms with E-state index < -0.39 is 0 Å². The van der Waals surface area contributed by atoms with Crippen LogP contribution in [0.3, 0.4) is 0 Å². The predicted molar refractivity (Wildman–Crippen MR) is 120 cm³/mol. The minimum atomic E-state index is 0.505. The van der Waals surface area contributed by atoms with Crippen molar-refractivity contribution < 1.29 is 0 Å². The van der Waals surface area contributed by atoms with Crippen LogP contribution in [0.15, 0.2) is 72.9 Å². The van der Waals surface area contributed by atoms with Gasteiger partial charge in [0.25, 0.3) is 0 Å². The number of nitrogens with zero attached hydrogens (tertiary/aromatic N) is 3. The highest BCUT2D eigenvalue weighted by atomic mass is 15.0. The third kappa shape index (κ3) is 4.27. The second-order valence-electron chi connectivity index (χ2n) is 6.95. The van der Waals surface area contributed by atoms with Gasteiger partial charge in [-0.3, -0.25) is 4.98 Å². The van der Waals surface area contributed by atoms with E-state index in [2.05, 4.69) is 52.8 Å². The summed E-state index contributed by atoms with van der Waals surface area (Å²) < 4.78 is 0. The molecule has 1 N–H and O–H groups in total. The molecule has 2 aromatic heterocycles. The minimum Gasteiger partial charge on any atom is -0.364 e. The van der Waals surface area contributed by atoms with E-state index in [9.17, 15) is 0 Å². The molecule has 146 valence electrons. The van der Waals surface area contributed by atoms with Crippen molar-refractivity contribution in [1.82, 2.24) is 15.0 Å². The first-order valence-corrected chi connectivity index (χ1v) is 10.4. The molecule has 1 fully saturated rings. The van der Waals surface area contributed by atoms with Crippen LogP contribution in [0.25, 0.3) is 22.0 Å². The fraction of sp³-hybridized carbons (Fsp3) is 0.240. The van der Waals surface area contributed by atoms with E-state index in [1.165, 1.54) is 18.4 Å². The highest BCUT2D eigenvalue weighted by Gasteiger charge is 2.28. The van der Waals surface area contributed by atoms with Gasteiger partial charge < -0.3 is 5.32 Å². The molecular formula is C25H26N4. The number of pyridine rings is 1. The molecule has 1 aliphatic carbocycles. The number of anilines is 1. The zero-order chi connectivity index (χ0) is 20.1. The SMILES string of the molecule is CC.c1ccc(-c2cccc3nc(C4CC4)nc(NCc4ccccn4)c23)cc1. The molecule has 0 unspecified atom stereocenters. The van der Waals surface area contributed by atoms with Crippen molar-refractivity contribution in [2.75, 3.05) is 5.32 Å². The van der Waals surface area contributed by atoms with Crippen LogP contribution in [0.1, 0.15) is 44.1 Å². The van der Waals surface area contributed by atoms with Crippen molar-refractivity contribution in [3.8, 4) is 11.1 Å². The van der Waals surface area contributed by atoms with Crippen molar-refractivity contribution >= 4 is 16.7 Å². The normalized spacial score (nSPS) is 12.9. The molecule has 29 heavy (non-hydrogen) atoms. The molecule has 1 aliphatic rings. The van der Waals surface area contributed by atoms with Gasteiger partial charge in [-0.15, -0.1) is 0 Å². The Kier molecular flexibility index (Phi) is 5.80. The Hall–Kier alpha value is -3.27. The Labute approximate surface area is 172 Å². The molecule has 2 aromatic carbocycles. The van der Waals surface area contributed by atoms with Crippen molar-refractivity contribution in [3.63, 3.8) is 0 Å². The molecule has 0 radical (unpaired) electrons. The van der Waals surface area contributed by atoms with Crippen LogP contribution in [0.4, 0.5) is 5.82 Å². The summed E-state index contributed by atoms with van der Waals surface area (Å²) in [7, 11) is 0. The van der Waals surface area contributed by atoms with Gasteiger partial charge in [0.15, 0.2) is 0 Å². The van der Waals surface area contributed by atoms with Crippen LogP contribution in [0.5, 0.6) is 0 Å². The highest BCUT2D eigenvalue weighted by Crippen LogP contribution is 2.40. The lowest BCUT2D eigenvalue weighted by Crippen LogP contribution is -2.07. The van der Waals surface area contributed by atoms with Crippen molar-refractivity contribution in [2.45, 2.75) is 39.2 Å². The Morgan fingerprint density at radius 2 is 1.66 bits per heavy atom. The lowest BCUT2D eigenvalue weighted by Gasteiger charge is -2.14. The average molecular weight is 383 g/mol. The van der Waals surface area contributed by atoms with Gasteiger partial charge in [-0.1, -0.05) is 62.4 Å². The number of nitrogens with one attached hydrogen (secondary N) is 1. The van der Waals surface area contributed by atoms with Crippen LogP contribution < -0.4 is 5.32 Å². The zero-order valence-electron chi connectivity index (χ0n) is 17.0. The molecule has 0 aliphatic heterocycles. The quantitative estimate of drug-likeness (QED) is 0.446. The molecule has 0 saturated heterocycles. The molecular weight excluding hydrogens is 356 g/mol. The average Bonchev–Trinajstić information content (AvgIpc) is 3.65. The first-order valence-electron chi connectivity index (χ1n) is 10.4. The van der Waals surface area contributed by atoms with E-state index in [4.69, 9.17) is 9.97 Å². The second-order valence-corrected chi connectivity index (χ2v) is 6.95. The summed E-state index contributed by atoms with van der Waals surface area (Å²) in [6, 6.07) is 22.7. The van der Waals surface area contributed by atoms with Gasteiger partial charge in [0.2, 0.25) is 0 Å². The van der Waals surface area contributed by atoms with Gasteiger partial charge in [0.1, 0.15) is 11.6 Å². The number of rotatable bonds is 5. The third-order valence-corrected chi connectivity index (χ3v) is 4.93. The highest BCUT2D eigenvalue weighted by molar-refractivity contribution is 6.01. The zero-order valence-corrected chi connectivity index (χ0v) is 17.0. The Bertz CT molecular complexity index is 1070. The van der Waals surface area contributed by atoms with E-state index >= 15 is 0 Å². The molecule has 4 heteroatoms. The number of fused-ring (bicyclic) bond motifs is 1.